The lowest BCUT2D eigenvalue weighted by Gasteiger charge is -2.13. The normalized spacial score (nSPS) is 11.6. The van der Waals surface area contributed by atoms with Gasteiger partial charge in [-0.2, -0.15) is 0 Å². The maximum Gasteiger partial charge on any atom is 0.326 e. The standard InChI is InChI=1S/C10H13N3O6/c14-8(15)2-1-7(9(16)17)12-10(18)11-5-6-3-4-19-13-6/h3-4,7H,1-2,5H2,(H,14,15)(H,16,17)(H2,11,12,18)/t7-/m0/s1. The summed E-state index contributed by atoms with van der Waals surface area (Å²) in [4.78, 5) is 32.6. The van der Waals surface area contributed by atoms with Crippen LogP contribution >= 0.6 is 0 Å². The molecule has 1 heterocycles. The largest absolute Gasteiger partial charge is 0.481 e. The molecule has 2 amide bonds. The van der Waals surface area contributed by atoms with Gasteiger partial charge in [0.15, 0.2) is 0 Å². The zero-order valence-corrected chi connectivity index (χ0v) is 9.83. The van der Waals surface area contributed by atoms with E-state index in [0.717, 1.165) is 0 Å². The van der Waals surface area contributed by atoms with Crippen molar-refractivity contribution < 1.29 is 29.1 Å². The number of hydrogen-bond acceptors (Lipinski definition) is 5. The minimum atomic E-state index is -1.29. The van der Waals surface area contributed by atoms with E-state index in [1.54, 1.807) is 6.07 Å². The molecule has 1 aromatic rings. The maximum absolute atomic E-state index is 11.4. The summed E-state index contributed by atoms with van der Waals surface area (Å²) in [6.07, 6.45) is 0.796. The second-order valence-electron chi connectivity index (χ2n) is 3.64. The van der Waals surface area contributed by atoms with Gasteiger partial charge < -0.3 is 25.4 Å². The summed E-state index contributed by atoms with van der Waals surface area (Å²) in [5.41, 5.74) is 0.479. The molecule has 0 spiro atoms. The Balaban J connectivity index is 2.38. The van der Waals surface area contributed by atoms with Crippen molar-refractivity contribution in [3.05, 3.63) is 18.0 Å². The number of nitrogens with zero attached hydrogens (tertiary/aromatic N) is 1. The topological polar surface area (TPSA) is 142 Å². The number of aromatic nitrogens is 1. The third-order valence-corrected chi connectivity index (χ3v) is 2.17. The second-order valence-corrected chi connectivity index (χ2v) is 3.64. The van der Waals surface area contributed by atoms with Crippen molar-refractivity contribution in [3.8, 4) is 0 Å². The van der Waals surface area contributed by atoms with Gasteiger partial charge in [0.25, 0.3) is 0 Å². The molecule has 19 heavy (non-hydrogen) atoms. The molecule has 0 aliphatic heterocycles. The molecule has 0 fully saturated rings. The molecule has 9 heteroatoms. The van der Waals surface area contributed by atoms with Gasteiger partial charge in [0, 0.05) is 12.5 Å². The Bertz CT molecular complexity index is 444. The van der Waals surface area contributed by atoms with Gasteiger partial charge in [0.1, 0.15) is 18.0 Å². The monoisotopic (exact) mass is 271 g/mol. The van der Waals surface area contributed by atoms with Crippen LogP contribution in [0, 0.1) is 0 Å². The summed E-state index contributed by atoms with van der Waals surface area (Å²) in [7, 11) is 0. The predicted molar refractivity (Wildman–Crippen MR) is 60.2 cm³/mol. The summed E-state index contributed by atoms with van der Waals surface area (Å²) >= 11 is 0. The summed E-state index contributed by atoms with van der Waals surface area (Å²) in [5.74, 6) is -2.42. The van der Waals surface area contributed by atoms with E-state index in [4.69, 9.17) is 10.2 Å². The first kappa shape index (κ1) is 14.5. The van der Waals surface area contributed by atoms with E-state index in [-0.39, 0.29) is 19.4 Å². The Morgan fingerprint density at radius 2 is 2.11 bits per heavy atom. The molecule has 0 aliphatic rings. The van der Waals surface area contributed by atoms with Gasteiger partial charge in [0.2, 0.25) is 0 Å². The minimum Gasteiger partial charge on any atom is -0.481 e. The number of carbonyl (C=O) groups excluding carboxylic acids is 1. The third-order valence-electron chi connectivity index (χ3n) is 2.17. The van der Waals surface area contributed by atoms with Crippen LogP contribution in [0.4, 0.5) is 4.79 Å². The highest BCUT2D eigenvalue weighted by molar-refractivity contribution is 5.82. The number of urea groups is 1. The number of amides is 2. The summed E-state index contributed by atoms with van der Waals surface area (Å²) in [6.45, 7) is 0.0770. The predicted octanol–water partition coefficient (Wildman–Crippen LogP) is -0.208. The third kappa shape index (κ3) is 5.52. The van der Waals surface area contributed by atoms with E-state index in [1.807, 2.05) is 0 Å². The fourth-order valence-corrected chi connectivity index (χ4v) is 1.23. The fraction of sp³-hybridized carbons (Fsp3) is 0.400. The van der Waals surface area contributed by atoms with Crippen LogP contribution in [-0.2, 0) is 16.1 Å². The average molecular weight is 271 g/mol. The van der Waals surface area contributed by atoms with Crippen molar-refractivity contribution in [1.29, 1.82) is 0 Å². The van der Waals surface area contributed by atoms with Crippen LogP contribution in [0.5, 0.6) is 0 Å². The molecular formula is C10H13N3O6. The molecule has 104 valence electrons. The number of carboxylic acids is 2. The molecule has 1 atom stereocenters. The van der Waals surface area contributed by atoms with Crippen molar-refractivity contribution in [3.63, 3.8) is 0 Å². The van der Waals surface area contributed by atoms with Crippen LogP contribution in [0.1, 0.15) is 18.5 Å². The lowest BCUT2D eigenvalue weighted by molar-refractivity contribution is -0.140. The van der Waals surface area contributed by atoms with Gasteiger partial charge >= 0.3 is 18.0 Å². The minimum absolute atomic E-state index is 0.0770. The summed E-state index contributed by atoms with van der Waals surface area (Å²) in [5, 5.41) is 25.4. The number of nitrogens with one attached hydrogen (secondary N) is 2. The molecule has 4 N–H and O–H groups in total. The van der Waals surface area contributed by atoms with Gasteiger partial charge in [-0.3, -0.25) is 4.79 Å². The maximum atomic E-state index is 11.4. The Labute approximate surface area is 107 Å². The van der Waals surface area contributed by atoms with Gasteiger partial charge in [-0.05, 0) is 6.42 Å². The Hall–Kier alpha value is -2.58. The number of hydrogen-bond donors (Lipinski definition) is 4. The van der Waals surface area contributed by atoms with Crippen LogP contribution in [0.25, 0.3) is 0 Å². The Morgan fingerprint density at radius 1 is 1.37 bits per heavy atom. The molecule has 0 aromatic carbocycles. The van der Waals surface area contributed by atoms with Crippen molar-refractivity contribution in [2.75, 3.05) is 0 Å². The van der Waals surface area contributed by atoms with Gasteiger partial charge in [-0.15, -0.1) is 0 Å². The van der Waals surface area contributed by atoms with E-state index in [9.17, 15) is 14.4 Å². The molecule has 0 radical (unpaired) electrons. The lowest BCUT2D eigenvalue weighted by Crippen LogP contribution is -2.46. The average Bonchev–Trinajstić information content (AvgIpc) is 2.84. The zero-order chi connectivity index (χ0) is 14.3. The van der Waals surface area contributed by atoms with Crippen molar-refractivity contribution in [2.24, 2.45) is 0 Å². The van der Waals surface area contributed by atoms with E-state index in [2.05, 4.69) is 20.3 Å². The van der Waals surface area contributed by atoms with Crippen molar-refractivity contribution in [1.82, 2.24) is 15.8 Å². The first-order chi connectivity index (χ1) is 8.99. The first-order valence-corrected chi connectivity index (χ1v) is 5.37. The Morgan fingerprint density at radius 3 is 2.63 bits per heavy atom. The van der Waals surface area contributed by atoms with Crippen molar-refractivity contribution in [2.45, 2.75) is 25.4 Å². The van der Waals surface area contributed by atoms with Gasteiger partial charge in [0.05, 0.1) is 6.54 Å². The molecule has 0 saturated carbocycles. The van der Waals surface area contributed by atoms with Crippen molar-refractivity contribution >= 4 is 18.0 Å². The first-order valence-electron chi connectivity index (χ1n) is 5.37. The van der Waals surface area contributed by atoms with Crippen LogP contribution in [0.15, 0.2) is 16.9 Å². The van der Waals surface area contributed by atoms with Crippen LogP contribution in [0.2, 0.25) is 0 Å². The number of carboxylic acid groups (broad SMARTS) is 2. The second kappa shape index (κ2) is 6.99. The smallest absolute Gasteiger partial charge is 0.326 e. The lowest BCUT2D eigenvalue weighted by atomic mass is 10.1. The molecule has 0 aliphatic carbocycles. The summed E-state index contributed by atoms with van der Waals surface area (Å²) in [6, 6.07) is -0.437. The zero-order valence-electron chi connectivity index (χ0n) is 9.83. The highest BCUT2D eigenvalue weighted by Crippen LogP contribution is 1.98. The molecule has 0 unspecified atom stereocenters. The van der Waals surface area contributed by atoms with E-state index in [1.165, 1.54) is 6.26 Å². The number of rotatable bonds is 7. The highest BCUT2D eigenvalue weighted by Gasteiger charge is 2.20. The Kier molecular flexibility index (Phi) is 5.33. The molecule has 0 bridgehead atoms. The fourth-order valence-electron chi connectivity index (χ4n) is 1.23. The van der Waals surface area contributed by atoms with Gasteiger partial charge in [-0.1, -0.05) is 5.16 Å². The quantitative estimate of drug-likeness (QED) is 0.537. The molecule has 1 rings (SSSR count). The van der Waals surface area contributed by atoms with E-state index >= 15 is 0 Å². The number of aliphatic carboxylic acids is 2. The molecule has 1 aromatic heterocycles. The summed E-state index contributed by atoms with van der Waals surface area (Å²) < 4.78 is 4.55. The number of carbonyl (C=O) groups is 3. The van der Waals surface area contributed by atoms with E-state index < -0.39 is 24.0 Å². The SMILES string of the molecule is O=C(O)CC[C@H](NC(=O)NCc1ccon1)C(=O)O. The molecule has 0 saturated heterocycles. The van der Waals surface area contributed by atoms with Crippen LogP contribution in [0.3, 0.4) is 0 Å². The highest BCUT2D eigenvalue weighted by atomic mass is 16.5. The van der Waals surface area contributed by atoms with Gasteiger partial charge in [-0.25, -0.2) is 9.59 Å². The molecular weight excluding hydrogens is 258 g/mol. The van der Waals surface area contributed by atoms with Crippen LogP contribution < -0.4 is 10.6 Å². The molecule has 9 nitrogen and oxygen atoms in total. The van der Waals surface area contributed by atoms with E-state index in [0.29, 0.717) is 5.69 Å². The van der Waals surface area contributed by atoms with Crippen LogP contribution in [-0.4, -0.2) is 39.4 Å².